The van der Waals surface area contributed by atoms with Crippen LogP contribution in [0.25, 0.3) is 10.9 Å². The van der Waals surface area contributed by atoms with Crippen molar-refractivity contribution in [2.45, 2.75) is 25.4 Å². The first-order valence-corrected chi connectivity index (χ1v) is 9.89. The van der Waals surface area contributed by atoms with E-state index in [1.54, 1.807) is 42.5 Å². The molecule has 1 fully saturated rings. The normalized spacial score (nSPS) is 18.2. The third-order valence-corrected chi connectivity index (χ3v) is 5.11. The van der Waals surface area contributed by atoms with E-state index in [-0.39, 0.29) is 24.9 Å². The molecule has 0 saturated carbocycles. The number of hydrogen-bond donors (Lipinski definition) is 0. The van der Waals surface area contributed by atoms with Gasteiger partial charge in [0.05, 0.1) is 24.2 Å². The molecule has 4 rings (SSSR count). The largest absolute Gasteiger partial charge is 0.493 e. The molecule has 0 bridgehead atoms. The summed E-state index contributed by atoms with van der Waals surface area (Å²) in [5.41, 5.74) is 1.01. The van der Waals surface area contributed by atoms with E-state index >= 15 is 0 Å². The molecule has 1 aromatic heterocycles. The Labute approximate surface area is 173 Å². The summed E-state index contributed by atoms with van der Waals surface area (Å²) in [7, 11) is 0. The number of piperidine rings is 1. The molecule has 2 aromatic carbocycles. The van der Waals surface area contributed by atoms with Crippen molar-refractivity contribution in [2.24, 2.45) is 0 Å². The number of alkyl halides is 2. The van der Waals surface area contributed by atoms with Crippen LogP contribution in [-0.4, -0.2) is 47.5 Å². The molecule has 0 radical (unpaired) electrons. The first-order chi connectivity index (χ1) is 14.5. The number of fused-ring (bicyclic) bond motifs is 1. The van der Waals surface area contributed by atoms with Crippen LogP contribution in [0.2, 0.25) is 0 Å². The Morgan fingerprint density at radius 2 is 1.90 bits per heavy atom. The number of nitrogens with zero attached hydrogens (tertiary/aromatic N) is 2. The summed E-state index contributed by atoms with van der Waals surface area (Å²) in [6.07, 6.45) is -1.96. The topological polar surface area (TPSA) is 51.7 Å². The summed E-state index contributed by atoms with van der Waals surface area (Å²) in [6.45, 7) is 1.93. The second kappa shape index (κ2) is 8.26. The maximum Gasteiger partial charge on any atom is 0.287 e. The lowest BCUT2D eigenvalue weighted by molar-refractivity contribution is -0.131. The number of hydrogen-bond acceptors (Lipinski definition) is 4. The van der Waals surface area contributed by atoms with E-state index in [2.05, 4.69) is 4.98 Å². The zero-order valence-corrected chi connectivity index (χ0v) is 16.6. The van der Waals surface area contributed by atoms with Crippen molar-refractivity contribution in [1.82, 2.24) is 9.88 Å². The molecule has 30 heavy (non-hydrogen) atoms. The molecule has 1 aliphatic rings. The predicted molar refractivity (Wildman–Crippen MR) is 109 cm³/mol. The van der Waals surface area contributed by atoms with Crippen LogP contribution in [0.4, 0.5) is 8.78 Å². The molecule has 1 saturated heterocycles. The summed E-state index contributed by atoms with van der Waals surface area (Å²) in [5.74, 6) is -2.86. The number of halogens is 2. The van der Waals surface area contributed by atoms with Gasteiger partial charge in [-0.05, 0) is 31.2 Å². The number of benzene rings is 2. The summed E-state index contributed by atoms with van der Waals surface area (Å²) in [6, 6.07) is 17.6. The van der Waals surface area contributed by atoms with Crippen molar-refractivity contribution in [3.05, 3.63) is 66.2 Å². The summed E-state index contributed by atoms with van der Waals surface area (Å²) in [5, 5.41) is 0.893. The molecular weight excluding hydrogens is 390 g/mol. The predicted octanol–water partition coefficient (Wildman–Crippen LogP) is 4.56. The van der Waals surface area contributed by atoms with Crippen LogP contribution < -0.4 is 9.47 Å². The van der Waals surface area contributed by atoms with Crippen LogP contribution in [-0.2, 0) is 0 Å². The van der Waals surface area contributed by atoms with Gasteiger partial charge in [0.15, 0.2) is 6.10 Å². The molecular formula is C23H22F2N2O3. The van der Waals surface area contributed by atoms with Crippen molar-refractivity contribution < 1.29 is 23.0 Å². The van der Waals surface area contributed by atoms with Gasteiger partial charge in [-0.25, -0.2) is 13.8 Å². The average Bonchev–Trinajstić information content (AvgIpc) is 2.75. The number of pyridine rings is 1. The van der Waals surface area contributed by atoms with Gasteiger partial charge in [-0.2, -0.15) is 0 Å². The Balaban J connectivity index is 1.55. The van der Waals surface area contributed by atoms with Crippen LogP contribution in [0.5, 0.6) is 11.6 Å². The minimum absolute atomic E-state index is 0.0582. The Morgan fingerprint density at radius 3 is 2.73 bits per heavy atom. The van der Waals surface area contributed by atoms with E-state index in [1.165, 1.54) is 4.90 Å². The van der Waals surface area contributed by atoms with E-state index in [4.69, 9.17) is 9.47 Å². The van der Waals surface area contributed by atoms with E-state index < -0.39 is 18.4 Å². The fourth-order valence-corrected chi connectivity index (χ4v) is 3.53. The van der Waals surface area contributed by atoms with Gasteiger partial charge in [0.1, 0.15) is 5.75 Å². The van der Waals surface area contributed by atoms with Crippen molar-refractivity contribution in [3.63, 3.8) is 0 Å². The zero-order chi connectivity index (χ0) is 21.1. The fraction of sp³-hybridized carbons (Fsp3) is 0.304. The molecule has 1 unspecified atom stereocenters. The van der Waals surface area contributed by atoms with Gasteiger partial charge in [-0.15, -0.1) is 0 Å². The van der Waals surface area contributed by atoms with E-state index in [0.29, 0.717) is 23.4 Å². The van der Waals surface area contributed by atoms with Gasteiger partial charge in [-0.3, -0.25) is 4.79 Å². The van der Waals surface area contributed by atoms with Crippen molar-refractivity contribution in [3.8, 4) is 11.6 Å². The zero-order valence-electron chi connectivity index (χ0n) is 16.6. The summed E-state index contributed by atoms with van der Waals surface area (Å²) >= 11 is 0. The highest BCUT2D eigenvalue weighted by molar-refractivity contribution is 5.97. The number of likely N-dealkylation sites (tertiary alicyclic amines) is 1. The van der Waals surface area contributed by atoms with E-state index in [1.807, 2.05) is 25.1 Å². The smallest absolute Gasteiger partial charge is 0.287 e. The minimum atomic E-state index is -3.07. The van der Waals surface area contributed by atoms with Crippen LogP contribution in [0.15, 0.2) is 60.7 Å². The summed E-state index contributed by atoms with van der Waals surface area (Å²) < 4.78 is 40.3. The quantitative estimate of drug-likeness (QED) is 0.616. The number of rotatable bonds is 5. The SMILES string of the molecule is CCOc1ccccc1C(=O)N1CCC(F)(F)C(Oc2ccc3ccccc3n2)C1. The molecule has 3 aromatic rings. The first kappa shape index (κ1) is 20.1. The number of ether oxygens (including phenoxy) is 2. The minimum Gasteiger partial charge on any atom is -0.493 e. The molecule has 7 heteroatoms. The lowest BCUT2D eigenvalue weighted by atomic mass is 10.0. The van der Waals surface area contributed by atoms with Gasteiger partial charge in [0.25, 0.3) is 11.8 Å². The molecule has 1 atom stereocenters. The first-order valence-electron chi connectivity index (χ1n) is 9.89. The van der Waals surface area contributed by atoms with Gasteiger partial charge in [0, 0.05) is 24.4 Å². The Morgan fingerprint density at radius 1 is 1.13 bits per heavy atom. The maximum absolute atomic E-state index is 14.6. The number of amides is 1. The number of aromatic nitrogens is 1. The molecule has 156 valence electrons. The highest BCUT2D eigenvalue weighted by Gasteiger charge is 2.47. The lowest BCUT2D eigenvalue weighted by Gasteiger charge is -2.38. The lowest BCUT2D eigenvalue weighted by Crippen LogP contribution is -2.55. The molecule has 0 spiro atoms. The monoisotopic (exact) mass is 412 g/mol. The molecule has 1 aliphatic heterocycles. The average molecular weight is 412 g/mol. The fourth-order valence-electron chi connectivity index (χ4n) is 3.53. The maximum atomic E-state index is 14.6. The molecule has 0 aliphatic carbocycles. The highest BCUT2D eigenvalue weighted by atomic mass is 19.3. The molecule has 5 nitrogen and oxygen atoms in total. The van der Waals surface area contributed by atoms with E-state index in [9.17, 15) is 13.6 Å². The van der Waals surface area contributed by atoms with Gasteiger partial charge < -0.3 is 14.4 Å². The molecule has 0 N–H and O–H groups in total. The summed E-state index contributed by atoms with van der Waals surface area (Å²) in [4.78, 5) is 18.7. The molecule has 2 heterocycles. The third-order valence-electron chi connectivity index (χ3n) is 5.11. The van der Waals surface area contributed by atoms with Gasteiger partial charge in [0.2, 0.25) is 5.88 Å². The Bertz CT molecular complexity index is 1060. The van der Waals surface area contributed by atoms with Crippen LogP contribution >= 0.6 is 0 Å². The third kappa shape index (κ3) is 4.06. The molecule has 1 amide bonds. The Kier molecular flexibility index (Phi) is 5.53. The number of carbonyl (C=O) groups excluding carboxylic acids is 1. The Hall–Kier alpha value is -3.22. The number of carbonyl (C=O) groups is 1. The van der Waals surface area contributed by atoms with Crippen molar-refractivity contribution in [2.75, 3.05) is 19.7 Å². The van der Waals surface area contributed by atoms with Crippen LogP contribution in [0, 0.1) is 0 Å². The van der Waals surface area contributed by atoms with Gasteiger partial charge in [-0.1, -0.05) is 30.3 Å². The highest BCUT2D eigenvalue weighted by Crippen LogP contribution is 2.33. The van der Waals surface area contributed by atoms with Gasteiger partial charge >= 0.3 is 0 Å². The second-order valence-corrected chi connectivity index (χ2v) is 7.14. The van der Waals surface area contributed by atoms with Crippen molar-refractivity contribution in [1.29, 1.82) is 0 Å². The van der Waals surface area contributed by atoms with E-state index in [0.717, 1.165) is 5.39 Å². The number of para-hydroxylation sites is 2. The second-order valence-electron chi connectivity index (χ2n) is 7.14. The van der Waals surface area contributed by atoms with Crippen LogP contribution in [0.3, 0.4) is 0 Å². The standard InChI is InChI=1S/C23H22F2N2O3/c1-2-29-19-10-6-4-8-17(19)22(28)27-14-13-23(24,25)20(15-27)30-21-12-11-16-7-3-5-9-18(16)26-21/h3-12,20H,2,13-15H2,1H3. The van der Waals surface area contributed by atoms with Crippen molar-refractivity contribution >= 4 is 16.8 Å². The van der Waals surface area contributed by atoms with Crippen LogP contribution in [0.1, 0.15) is 23.7 Å².